The van der Waals surface area contributed by atoms with E-state index in [4.69, 9.17) is 0 Å². The summed E-state index contributed by atoms with van der Waals surface area (Å²) in [6.45, 7) is 0. The number of hydrogen-bond donors (Lipinski definition) is 3. The van der Waals surface area contributed by atoms with Gasteiger partial charge in [-0.15, -0.1) is 24.5 Å². The van der Waals surface area contributed by atoms with Crippen LogP contribution in [0.25, 0.3) is 11.3 Å². The van der Waals surface area contributed by atoms with Crippen LogP contribution in [0.5, 0.6) is 11.5 Å². The van der Waals surface area contributed by atoms with Crippen LogP contribution in [0, 0.1) is 0 Å². The Morgan fingerprint density at radius 3 is 2.48 bits per heavy atom. The number of phenolic OH excluding ortho intramolecular Hbond substituents is 1. The lowest BCUT2D eigenvalue weighted by Gasteiger charge is -2.11. The number of aromatic hydroxyl groups is 1. The Morgan fingerprint density at radius 1 is 1.15 bits per heavy atom. The van der Waals surface area contributed by atoms with Gasteiger partial charge in [-0.2, -0.15) is 0 Å². The van der Waals surface area contributed by atoms with E-state index < -0.39 is 27.5 Å². The van der Waals surface area contributed by atoms with Gasteiger partial charge in [0.25, 0.3) is 5.91 Å². The average Bonchev–Trinajstić information content (AvgIpc) is 3.48. The third kappa shape index (κ3) is 5.73. The first-order valence-electron chi connectivity index (χ1n) is 9.48. The van der Waals surface area contributed by atoms with Crippen molar-refractivity contribution in [1.82, 2.24) is 4.98 Å². The molecular formula is C20H16F3N3O5S2. The van der Waals surface area contributed by atoms with Crippen molar-refractivity contribution in [2.24, 2.45) is 0 Å². The lowest BCUT2D eigenvalue weighted by Crippen LogP contribution is -2.18. The van der Waals surface area contributed by atoms with Crippen LogP contribution < -0.4 is 14.8 Å². The number of amides is 1. The zero-order valence-electron chi connectivity index (χ0n) is 16.6. The first-order valence-corrected chi connectivity index (χ1v) is 11.9. The molecule has 33 heavy (non-hydrogen) atoms. The predicted molar refractivity (Wildman–Crippen MR) is 116 cm³/mol. The topological polar surface area (TPSA) is 118 Å². The van der Waals surface area contributed by atoms with E-state index in [1.54, 1.807) is 5.38 Å². The normalized spacial score (nSPS) is 14.0. The Labute approximate surface area is 190 Å². The van der Waals surface area contributed by atoms with E-state index in [1.165, 1.54) is 30.3 Å². The minimum Gasteiger partial charge on any atom is -0.506 e. The maximum Gasteiger partial charge on any atom is 0.573 e. The van der Waals surface area contributed by atoms with Gasteiger partial charge in [-0.05, 0) is 55.3 Å². The molecular weight excluding hydrogens is 483 g/mol. The first kappa shape index (κ1) is 22.9. The summed E-state index contributed by atoms with van der Waals surface area (Å²) in [4.78, 5) is 16.8. The molecule has 1 heterocycles. The molecule has 1 aromatic heterocycles. The number of benzene rings is 2. The number of carbonyl (C=O) groups is 1. The molecule has 0 bridgehead atoms. The number of halogens is 3. The highest BCUT2D eigenvalue weighted by Crippen LogP contribution is 2.34. The maximum atomic E-state index is 12.6. The van der Waals surface area contributed by atoms with Crippen molar-refractivity contribution in [2.45, 2.75) is 24.5 Å². The van der Waals surface area contributed by atoms with Crippen LogP contribution in [-0.2, 0) is 10.0 Å². The number of hydrogen-bond acceptors (Lipinski definition) is 7. The van der Waals surface area contributed by atoms with Gasteiger partial charge in [0.15, 0.2) is 5.01 Å². The third-order valence-corrected chi connectivity index (χ3v) is 7.25. The number of ether oxygens (including phenoxy) is 1. The van der Waals surface area contributed by atoms with E-state index in [0.29, 0.717) is 24.1 Å². The van der Waals surface area contributed by atoms with Crippen molar-refractivity contribution < 1.29 is 36.2 Å². The van der Waals surface area contributed by atoms with E-state index >= 15 is 0 Å². The van der Waals surface area contributed by atoms with Crippen LogP contribution in [0.4, 0.5) is 24.5 Å². The Bertz CT molecular complexity index is 1290. The monoisotopic (exact) mass is 499 g/mol. The SMILES string of the molecule is O=C(Nc1ccc(O)c(NS(=O)(=O)C2CC2)c1)c1nc(-c2ccc(OC(F)(F)F)cc2)cs1. The summed E-state index contributed by atoms with van der Waals surface area (Å²) >= 11 is 1.02. The van der Waals surface area contributed by atoms with E-state index in [9.17, 15) is 31.5 Å². The molecule has 1 amide bonds. The fraction of sp³-hybridized carbons (Fsp3) is 0.200. The van der Waals surface area contributed by atoms with E-state index in [2.05, 4.69) is 19.8 Å². The molecule has 0 radical (unpaired) electrons. The summed E-state index contributed by atoms with van der Waals surface area (Å²) in [5, 5.41) is 13.7. The predicted octanol–water partition coefficient (Wildman–Crippen LogP) is 4.57. The smallest absolute Gasteiger partial charge is 0.506 e. The molecule has 13 heteroatoms. The number of anilines is 2. The van der Waals surface area contributed by atoms with Crippen LogP contribution in [0.15, 0.2) is 47.8 Å². The lowest BCUT2D eigenvalue weighted by molar-refractivity contribution is -0.274. The Balaban J connectivity index is 1.45. The Morgan fingerprint density at radius 2 is 1.85 bits per heavy atom. The average molecular weight is 499 g/mol. The highest BCUT2D eigenvalue weighted by Gasteiger charge is 2.36. The number of nitrogens with one attached hydrogen (secondary N) is 2. The second-order valence-corrected chi connectivity index (χ2v) is 9.96. The van der Waals surface area contributed by atoms with Crippen LogP contribution in [0.2, 0.25) is 0 Å². The molecule has 0 spiro atoms. The quantitative estimate of drug-likeness (QED) is 0.324. The summed E-state index contributed by atoms with van der Waals surface area (Å²) in [7, 11) is -3.60. The summed E-state index contributed by atoms with van der Waals surface area (Å²) < 4.78 is 67.2. The molecule has 0 atom stereocenters. The van der Waals surface area contributed by atoms with Crippen molar-refractivity contribution in [1.29, 1.82) is 0 Å². The number of thiazole rings is 1. The zero-order chi connectivity index (χ0) is 23.8. The number of rotatable bonds is 7. The van der Waals surface area contributed by atoms with Gasteiger partial charge in [-0.1, -0.05) is 0 Å². The molecule has 4 rings (SSSR count). The van der Waals surface area contributed by atoms with Crippen LogP contribution in [0.3, 0.4) is 0 Å². The van der Waals surface area contributed by atoms with Crippen molar-refractivity contribution in [3.63, 3.8) is 0 Å². The Hall–Kier alpha value is -3.32. The summed E-state index contributed by atoms with van der Waals surface area (Å²) in [5.41, 5.74) is 1.05. The minimum atomic E-state index is -4.79. The highest BCUT2D eigenvalue weighted by atomic mass is 32.2. The fourth-order valence-electron chi connectivity index (χ4n) is 2.83. The number of nitrogens with zero attached hydrogens (tertiary/aromatic N) is 1. The van der Waals surface area contributed by atoms with Crippen molar-refractivity contribution in [2.75, 3.05) is 10.0 Å². The van der Waals surface area contributed by atoms with E-state index in [-0.39, 0.29) is 27.9 Å². The van der Waals surface area contributed by atoms with Crippen LogP contribution in [-0.4, -0.2) is 36.0 Å². The molecule has 1 fully saturated rings. The Kier molecular flexibility index (Phi) is 5.93. The van der Waals surface area contributed by atoms with E-state index in [1.807, 2.05) is 0 Å². The zero-order valence-corrected chi connectivity index (χ0v) is 18.2. The maximum absolute atomic E-state index is 12.6. The largest absolute Gasteiger partial charge is 0.573 e. The molecule has 3 aromatic rings. The third-order valence-electron chi connectivity index (χ3n) is 4.55. The number of carbonyl (C=O) groups excluding carboxylic acids is 1. The van der Waals surface area contributed by atoms with Gasteiger partial charge in [0.1, 0.15) is 11.5 Å². The highest BCUT2D eigenvalue weighted by molar-refractivity contribution is 7.93. The molecule has 1 saturated carbocycles. The van der Waals surface area contributed by atoms with Crippen molar-refractivity contribution in [3.05, 3.63) is 52.9 Å². The number of sulfonamides is 1. The first-order chi connectivity index (χ1) is 15.5. The summed E-state index contributed by atoms with van der Waals surface area (Å²) in [6, 6.07) is 8.99. The number of alkyl halides is 3. The molecule has 1 aliphatic carbocycles. The molecule has 1 aliphatic rings. The van der Waals surface area contributed by atoms with Gasteiger partial charge in [-0.25, -0.2) is 13.4 Å². The fourth-order valence-corrected chi connectivity index (χ4v) is 4.95. The van der Waals surface area contributed by atoms with Crippen molar-refractivity contribution >= 4 is 38.6 Å². The second-order valence-electron chi connectivity index (χ2n) is 7.14. The van der Waals surface area contributed by atoms with Gasteiger partial charge >= 0.3 is 6.36 Å². The molecule has 3 N–H and O–H groups in total. The van der Waals surface area contributed by atoms with Gasteiger partial charge in [0.05, 0.1) is 16.6 Å². The molecule has 174 valence electrons. The van der Waals surface area contributed by atoms with Gasteiger partial charge in [0.2, 0.25) is 10.0 Å². The van der Waals surface area contributed by atoms with Crippen LogP contribution in [0.1, 0.15) is 22.6 Å². The summed E-state index contributed by atoms with van der Waals surface area (Å²) in [6.07, 6.45) is -3.69. The van der Waals surface area contributed by atoms with Gasteiger partial charge in [0, 0.05) is 16.6 Å². The molecule has 0 saturated heterocycles. The molecule has 2 aromatic carbocycles. The van der Waals surface area contributed by atoms with Crippen molar-refractivity contribution in [3.8, 4) is 22.8 Å². The standard InChI is InChI=1S/C20H16F3N3O5S2/c21-20(22,23)31-13-4-1-11(2-5-13)16-10-32-19(25-16)18(28)24-12-3-8-17(27)15(9-12)26-33(29,30)14-6-7-14/h1-5,8-10,14,26-27H,6-7H2,(H,24,28). The van der Waals surface area contributed by atoms with Gasteiger partial charge < -0.3 is 15.2 Å². The summed E-state index contributed by atoms with van der Waals surface area (Å²) in [5.74, 6) is -1.24. The van der Waals surface area contributed by atoms with Gasteiger partial charge in [-0.3, -0.25) is 9.52 Å². The molecule has 8 nitrogen and oxygen atoms in total. The van der Waals surface area contributed by atoms with Crippen LogP contribution >= 0.6 is 11.3 Å². The molecule has 0 unspecified atom stereocenters. The second kappa shape index (κ2) is 8.56. The van der Waals surface area contributed by atoms with E-state index in [0.717, 1.165) is 23.5 Å². The number of aromatic nitrogens is 1. The molecule has 0 aliphatic heterocycles. The number of phenols is 1. The lowest BCUT2D eigenvalue weighted by atomic mass is 10.2. The minimum absolute atomic E-state index is 0.0549.